The lowest BCUT2D eigenvalue weighted by atomic mass is 10.1. The molecule has 1 unspecified atom stereocenters. The molecule has 1 saturated heterocycles. The second-order valence-corrected chi connectivity index (χ2v) is 6.99. The van der Waals surface area contributed by atoms with E-state index in [2.05, 4.69) is 21.2 Å². The van der Waals surface area contributed by atoms with Crippen molar-refractivity contribution in [1.29, 1.82) is 0 Å². The van der Waals surface area contributed by atoms with Crippen LogP contribution in [-0.4, -0.2) is 25.5 Å². The Balaban J connectivity index is 1.70. The number of carbonyl (C=O) groups excluding carboxylic acids is 2. The number of nitrogens with zero attached hydrogens (tertiary/aromatic N) is 1. The van der Waals surface area contributed by atoms with E-state index in [0.717, 1.165) is 10.2 Å². The molecule has 0 aliphatic carbocycles. The fraction of sp³-hybridized carbons (Fsp3) is 0.222. The molecule has 2 aromatic rings. The Kier molecular flexibility index (Phi) is 5.30. The Labute approximate surface area is 159 Å². The van der Waals surface area contributed by atoms with Crippen LogP contribution in [0, 0.1) is 5.92 Å². The summed E-state index contributed by atoms with van der Waals surface area (Å²) in [5.74, 6) is -0.0248. The maximum Gasteiger partial charge on any atom is 0.229 e. The van der Waals surface area contributed by atoms with Gasteiger partial charge in [0.2, 0.25) is 11.8 Å². The number of nitrogens with one attached hydrogen (secondary N) is 1. The van der Waals surface area contributed by atoms with Gasteiger partial charge in [0.05, 0.1) is 18.1 Å². The summed E-state index contributed by atoms with van der Waals surface area (Å²) in [6.07, 6.45) is 0.174. The number of carbonyl (C=O) groups is 2. The Bertz CT molecular complexity index is 828. The number of hydrogen-bond acceptors (Lipinski definition) is 3. The summed E-state index contributed by atoms with van der Waals surface area (Å²) in [5, 5.41) is 3.33. The van der Waals surface area contributed by atoms with E-state index in [4.69, 9.17) is 16.3 Å². The maximum atomic E-state index is 12.5. The van der Waals surface area contributed by atoms with Gasteiger partial charge in [-0.15, -0.1) is 0 Å². The lowest BCUT2D eigenvalue weighted by molar-refractivity contribution is -0.122. The lowest BCUT2D eigenvalue weighted by Gasteiger charge is -2.17. The van der Waals surface area contributed by atoms with Crippen molar-refractivity contribution in [3.63, 3.8) is 0 Å². The first kappa shape index (κ1) is 17.8. The zero-order valence-electron chi connectivity index (χ0n) is 13.5. The minimum absolute atomic E-state index is 0.0813. The molecular formula is C18H16BrClN2O3. The lowest BCUT2D eigenvalue weighted by Crippen LogP contribution is -2.28. The minimum atomic E-state index is -0.416. The molecule has 0 bridgehead atoms. The van der Waals surface area contributed by atoms with Crippen LogP contribution in [0.2, 0.25) is 5.02 Å². The Hall–Kier alpha value is -2.05. The van der Waals surface area contributed by atoms with E-state index in [0.29, 0.717) is 23.0 Å². The van der Waals surface area contributed by atoms with Crippen LogP contribution < -0.4 is 15.0 Å². The van der Waals surface area contributed by atoms with Gasteiger partial charge in [0.25, 0.3) is 0 Å². The molecule has 5 nitrogen and oxygen atoms in total. The summed E-state index contributed by atoms with van der Waals surface area (Å²) in [6, 6.07) is 12.4. The highest BCUT2D eigenvalue weighted by atomic mass is 79.9. The average Bonchev–Trinajstić information content (AvgIpc) is 3.00. The molecule has 1 fully saturated rings. The third kappa shape index (κ3) is 3.96. The molecule has 0 spiro atoms. The highest BCUT2D eigenvalue weighted by molar-refractivity contribution is 9.10. The van der Waals surface area contributed by atoms with Crippen LogP contribution in [0.4, 0.5) is 11.4 Å². The molecule has 1 N–H and O–H groups in total. The van der Waals surface area contributed by atoms with E-state index >= 15 is 0 Å². The molecule has 1 aliphatic rings. The zero-order valence-corrected chi connectivity index (χ0v) is 15.8. The van der Waals surface area contributed by atoms with Crippen LogP contribution in [-0.2, 0) is 9.59 Å². The molecule has 0 aromatic heterocycles. The van der Waals surface area contributed by atoms with Crippen LogP contribution in [0.3, 0.4) is 0 Å². The molecule has 1 aliphatic heterocycles. The van der Waals surface area contributed by atoms with E-state index in [-0.39, 0.29) is 18.2 Å². The van der Waals surface area contributed by atoms with E-state index in [1.54, 1.807) is 36.3 Å². The van der Waals surface area contributed by atoms with Crippen LogP contribution in [0.1, 0.15) is 6.42 Å². The largest absolute Gasteiger partial charge is 0.497 e. The molecule has 1 atom stereocenters. The second kappa shape index (κ2) is 7.45. The van der Waals surface area contributed by atoms with E-state index < -0.39 is 5.92 Å². The monoisotopic (exact) mass is 422 g/mol. The van der Waals surface area contributed by atoms with Gasteiger partial charge in [0.15, 0.2) is 0 Å². The van der Waals surface area contributed by atoms with Gasteiger partial charge < -0.3 is 15.0 Å². The number of methoxy groups -OCH3 is 1. The van der Waals surface area contributed by atoms with Crippen molar-refractivity contribution in [2.45, 2.75) is 6.42 Å². The Morgan fingerprint density at radius 3 is 2.84 bits per heavy atom. The van der Waals surface area contributed by atoms with Gasteiger partial charge in [-0.25, -0.2) is 0 Å². The second-order valence-electron chi connectivity index (χ2n) is 5.73. The van der Waals surface area contributed by atoms with Gasteiger partial charge >= 0.3 is 0 Å². The summed E-state index contributed by atoms with van der Waals surface area (Å²) in [7, 11) is 1.57. The number of halogens is 2. The zero-order chi connectivity index (χ0) is 18.0. The van der Waals surface area contributed by atoms with Crippen molar-refractivity contribution in [1.82, 2.24) is 0 Å². The number of anilines is 2. The SMILES string of the molecule is COc1cccc(N2CC(C(=O)Nc3ccc(Br)c(Cl)c3)CC2=O)c1. The van der Waals surface area contributed by atoms with Crippen molar-refractivity contribution >= 4 is 50.7 Å². The van der Waals surface area contributed by atoms with Crippen molar-refractivity contribution < 1.29 is 14.3 Å². The van der Waals surface area contributed by atoms with Crippen LogP contribution in [0.5, 0.6) is 5.75 Å². The van der Waals surface area contributed by atoms with Crippen molar-refractivity contribution in [3.05, 3.63) is 52.0 Å². The predicted molar refractivity (Wildman–Crippen MR) is 101 cm³/mol. The van der Waals surface area contributed by atoms with E-state index in [9.17, 15) is 9.59 Å². The molecule has 3 rings (SSSR count). The normalized spacial score (nSPS) is 16.8. The molecule has 7 heteroatoms. The molecule has 1 heterocycles. The predicted octanol–water partition coefficient (Wildman–Crippen LogP) is 4.10. The standard InChI is InChI=1S/C18H16BrClN2O3/c1-25-14-4-2-3-13(9-14)22-10-11(7-17(22)23)18(24)21-12-5-6-15(19)16(20)8-12/h2-6,8-9,11H,7,10H2,1H3,(H,21,24). The van der Waals surface area contributed by atoms with Gasteiger partial charge in [-0.1, -0.05) is 17.7 Å². The van der Waals surface area contributed by atoms with Gasteiger partial charge in [-0.05, 0) is 46.3 Å². The summed E-state index contributed by atoms with van der Waals surface area (Å²) >= 11 is 9.35. The van der Waals surface area contributed by atoms with Crippen LogP contribution >= 0.6 is 27.5 Å². The summed E-state index contributed by atoms with van der Waals surface area (Å²) in [5.41, 5.74) is 1.33. The molecule has 130 valence electrons. The van der Waals surface area contributed by atoms with Gasteiger partial charge in [-0.2, -0.15) is 0 Å². The maximum absolute atomic E-state index is 12.5. The number of amides is 2. The molecule has 25 heavy (non-hydrogen) atoms. The van der Waals surface area contributed by atoms with Crippen LogP contribution in [0.15, 0.2) is 46.9 Å². The van der Waals surface area contributed by atoms with Crippen LogP contribution in [0.25, 0.3) is 0 Å². The minimum Gasteiger partial charge on any atom is -0.497 e. The van der Waals surface area contributed by atoms with Crippen molar-refractivity contribution in [3.8, 4) is 5.75 Å². The molecule has 2 amide bonds. The number of benzene rings is 2. The van der Waals surface area contributed by atoms with Crippen molar-refractivity contribution in [2.24, 2.45) is 5.92 Å². The first-order valence-electron chi connectivity index (χ1n) is 7.68. The van der Waals surface area contributed by atoms with Gasteiger partial charge in [-0.3, -0.25) is 9.59 Å². The van der Waals surface area contributed by atoms with E-state index in [1.807, 2.05) is 18.2 Å². The molecule has 0 radical (unpaired) electrons. The topological polar surface area (TPSA) is 58.6 Å². The Morgan fingerprint density at radius 1 is 1.32 bits per heavy atom. The quantitative estimate of drug-likeness (QED) is 0.805. The van der Waals surface area contributed by atoms with E-state index in [1.165, 1.54) is 0 Å². The Morgan fingerprint density at radius 2 is 2.12 bits per heavy atom. The summed E-state index contributed by atoms with van der Waals surface area (Å²) in [4.78, 5) is 26.4. The first-order valence-corrected chi connectivity index (χ1v) is 8.85. The summed E-state index contributed by atoms with van der Waals surface area (Å²) in [6.45, 7) is 0.335. The third-order valence-corrected chi connectivity index (χ3v) is 5.28. The smallest absolute Gasteiger partial charge is 0.229 e. The molecular weight excluding hydrogens is 408 g/mol. The summed E-state index contributed by atoms with van der Waals surface area (Å²) < 4.78 is 5.95. The highest BCUT2D eigenvalue weighted by Gasteiger charge is 2.35. The van der Waals surface area contributed by atoms with Gasteiger partial charge in [0.1, 0.15) is 5.75 Å². The fourth-order valence-electron chi connectivity index (χ4n) is 2.73. The highest BCUT2D eigenvalue weighted by Crippen LogP contribution is 2.29. The van der Waals surface area contributed by atoms with Crippen molar-refractivity contribution in [2.75, 3.05) is 23.9 Å². The fourth-order valence-corrected chi connectivity index (χ4v) is 3.16. The molecule has 0 saturated carbocycles. The third-order valence-electron chi connectivity index (χ3n) is 4.05. The number of ether oxygens (including phenoxy) is 1. The number of rotatable bonds is 4. The van der Waals surface area contributed by atoms with Gasteiger partial charge in [0, 0.05) is 34.9 Å². The first-order chi connectivity index (χ1) is 12.0. The average molecular weight is 424 g/mol. The number of hydrogen-bond donors (Lipinski definition) is 1. The molecule has 2 aromatic carbocycles.